The highest BCUT2D eigenvalue weighted by Gasteiger charge is 2.32. The van der Waals surface area contributed by atoms with Crippen LogP contribution in [-0.2, 0) is 6.54 Å². The molecule has 0 radical (unpaired) electrons. The molecule has 0 aliphatic carbocycles. The van der Waals surface area contributed by atoms with Crippen molar-refractivity contribution in [1.29, 1.82) is 5.26 Å². The van der Waals surface area contributed by atoms with Crippen molar-refractivity contribution in [1.82, 2.24) is 9.80 Å². The molecule has 1 aromatic carbocycles. The second-order valence-corrected chi connectivity index (χ2v) is 7.70. The largest absolute Gasteiger partial charge is 0.303 e. The quantitative estimate of drug-likeness (QED) is 0.753. The summed E-state index contributed by atoms with van der Waals surface area (Å²) in [5.41, 5.74) is 1.39. The Morgan fingerprint density at radius 2 is 2.00 bits per heavy atom. The van der Waals surface area contributed by atoms with Crippen molar-refractivity contribution in [3.05, 3.63) is 35.9 Å². The van der Waals surface area contributed by atoms with Crippen molar-refractivity contribution in [3.8, 4) is 6.07 Å². The third-order valence-corrected chi connectivity index (χ3v) is 5.57. The summed E-state index contributed by atoms with van der Waals surface area (Å²) < 4.78 is 0. The van der Waals surface area contributed by atoms with Crippen LogP contribution in [0.2, 0.25) is 0 Å². The zero-order chi connectivity index (χ0) is 17.5. The molecule has 1 fully saturated rings. The van der Waals surface area contributed by atoms with Crippen LogP contribution in [0.5, 0.6) is 0 Å². The van der Waals surface area contributed by atoms with Crippen molar-refractivity contribution in [2.24, 2.45) is 11.8 Å². The first-order valence-electron chi connectivity index (χ1n) is 9.39. The lowest BCUT2D eigenvalue weighted by Gasteiger charge is -2.45. The molecule has 0 N–H and O–H groups in total. The number of likely N-dealkylation sites (tertiary alicyclic amines) is 1. The Morgan fingerprint density at radius 1 is 1.29 bits per heavy atom. The van der Waals surface area contributed by atoms with Gasteiger partial charge in [0.1, 0.15) is 0 Å². The van der Waals surface area contributed by atoms with Crippen molar-refractivity contribution >= 4 is 0 Å². The van der Waals surface area contributed by atoms with E-state index >= 15 is 0 Å². The molecule has 3 heteroatoms. The van der Waals surface area contributed by atoms with E-state index in [1.54, 1.807) is 0 Å². The standard InChI is InChI=1S/C21H33N3/c1-17(14-22)9-8-12-24(16-20-10-6-5-7-11-20)21-13-19(3)23(4)15-18(21)2/h5-7,10-11,17-19,21H,8-9,12-13,15-16H2,1-4H3/t17-,18-,19-,21+/m1/s1. The second kappa shape index (κ2) is 9.20. The van der Waals surface area contributed by atoms with Crippen LogP contribution < -0.4 is 0 Å². The summed E-state index contributed by atoms with van der Waals surface area (Å²) in [5.74, 6) is 0.848. The number of rotatable bonds is 7. The van der Waals surface area contributed by atoms with Crippen LogP contribution in [0.3, 0.4) is 0 Å². The predicted molar refractivity (Wildman–Crippen MR) is 101 cm³/mol. The molecule has 1 aliphatic rings. The molecule has 1 heterocycles. The molecule has 1 aliphatic heterocycles. The van der Waals surface area contributed by atoms with Gasteiger partial charge in [0, 0.05) is 31.1 Å². The summed E-state index contributed by atoms with van der Waals surface area (Å²) in [6.45, 7) is 10.0. The van der Waals surface area contributed by atoms with Crippen molar-refractivity contribution in [2.45, 2.75) is 58.7 Å². The first-order valence-corrected chi connectivity index (χ1v) is 9.39. The number of hydrogen-bond acceptors (Lipinski definition) is 3. The molecule has 4 atom stereocenters. The van der Waals surface area contributed by atoms with E-state index in [0.717, 1.165) is 25.9 Å². The van der Waals surface area contributed by atoms with Gasteiger partial charge in [-0.25, -0.2) is 0 Å². The van der Waals surface area contributed by atoms with E-state index in [2.05, 4.69) is 67.1 Å². The molecule has 0 unspecified atom stereocenters. The predicted octanol–water partition coefficient (Wildman–Crippen LogP) is 4.16. The fourth-order valence-corrected chi connectivity index (χ4v) is 3.87. The van der Waals surface area contributed by atoms with Crippen molar-refractivity contribution in [3.63, 3.8) is 0 Å². The van der Waals surface area contributed by atoms with E-state index in [0.29, 0.717) is 18.0 Å². The molecule has 0 bridgehead atoms. The van der Waals surface area contributed by atoms with Gasteiger partial charge < -0.3 is 4.90 Å². The number of nitrogens with zero attached hydrogens (tertiary/aromatic N) is 3. The Morgan fingerprint density at radius 3 is 2.67 bits per heavy atom. The van der Waals surface area contributed by atoms with E-state index in [-0.39, 0.29) is 5.92 Å². The van der Waals surface area contributed by atoms with E-state index < -0.39 is 0 Å². The molecule has 24 heavy (non-hydrogen) atoms. The number of nitriles is 1. The molecule has 0 saturated carbocycles. The van der Waals surface area contributed by atoms with Gasteiger partial charge in [-0.05, 0) is 58.2 Å². The van der Waals surface area contributed by atoms with Crippen LogP contribution in [0.4, 0.5) is 0 Å². The molecule has 2 rings (SSSR count). The van der Waals surface area contributed by atoms with Crippen LogP contribution in [0.1, 0.15) is 45.6 Å². The zero-order valence-electron chi connectivity index (χ0n) is 15.8. The average molecular weight is 328 g/mol. The molecule has 1 aromatic rings. The van der Waals surface area contributed by atoms with Gasteiger partial charge in [-0.2, -0.15) is 5.26 Å². The lowest BCUT2D eigenvalue weighted by atomic mass is 9.88. The second-order valence-electron chi connectivity index (χ2n) is 7.70. The van der Waals surface area contributed by atoms with E-state index in [1.165, 1.54) is 18.5 Å². The topological polar surface area (TPSA) is 30.3 Å². The molecule has 1 saturated heterocycles. The van der Waals surface area contributed by atoms with E-state index in [9.17, 15) is 0 Å². The maximum atomic E-state index is 9.02. The lowest BCUT2D eigenvalue weighted by Crippen LogP contribution is -2.52. The normalized spacial score (nSPS) is 26.2. The van der Waals surface area contributed by atoms with Crippen LogP contribution in [0.15, 0.2) is 30.3 Å². The SMILES string of the molecule is C[C@@H]1CN(C)[C@H](C)C[C@@H]1N(CCC[C@@H](C)C#N)Cc1ccccc1. The summed E-state index contributed by atoms with van der Waals surface area (Å²) in [6.07, 6.45) is 3.34. The van der Waals surface area contributed by atoms with Gasteiger partial charge in [0.25, 0.3) is 0 Å². The van der Waals surface area contributed by atoms with Gasteiger partial charge in [-0.1, -0.05) is 37.3 Å². The fraction of sp³-hybridized carbons (Fsp3) is 0.667. The van der Waals surface area contributed by atoms with Gasteiger partial charge >= 0.3 is 0 Å². The lowest BCUT2D eigenvalue weighted by molar-refractivity contribution is 0.0398. The minimum absolute atomic E-state index is 0.164. The Labute approximate surface area is 148 Å². The minimum atomic E-state index is 0.164. The minimum Gasteiger partial charge on any atom is -0.303 e. The van der Waals surface area contributed by atoms with Gasteiger partial charge in [0.15, 0.2) is 0 Å². The van der Waals surface area contributed by atoms with Crippen LogP contribution in [0, 0.1) is 23.2 Å². The molecule has 3 nitrogen and oxygen atoms in total. The molecular formula is C21H33N3. The highest BCUT2D eigenvalue weighted by Crippen LogP contribution is 2.27. The highest BCUT2D eigenvalue weighted by atomic mass is 15.2. The van der Waals surface area contributed by atoms with Gasteiger partial charge in [-0.3, -0.25) is 4.90 Å². The van der Waals surface area contributed by atoms with Crippen LogP contribution in [-0.4, -0.2) is 42.0 Å². The van der Waals surface area contributed by atoms with E-state index in [4.69, 9.17) is 5.26 Å². The Kier molecular flexibility index (Phi) is 7.27. The smallest absolute Gasteiger partial charge is 0.0652 e. The number of piperidine rings is 1. The zero-order valence-corrected chi connectivity index (χ0v) is 15.8. The van der Waals surface area contributed by atoms with Crippen LogP contribution in [0.25, 0.3) is 0 Å². The summed E-state index contributed by atoms with van der Waals surface area (Å²) >= 11 is 0. The van der Waals surface area contributed by atoms with Crippen LogP contribution >= 0.6 is 0 Å². The Balaban J connectivity index is 2.05. The first-order chi connectivity index (χ1) is 11.5. The maximum absolute atomic E-state index is 9.02. The highest BCUT2D eigenvalue weighted by molar-refractivity contribution is 5.14. The van der Waals surface area contributed by atoms with Gasteiger partial charge in [0.05, 0.1) is 6.07 Å². The summed E-state index contributed by atoms with van der Waals surface area (Å²) in [5, 5.41) is 9.02. The molecule has 0 aromatic heterocycles. The Hall–Kier alpha value is -1.37. The van der Waals surface area contributed by atoms with Gasteiger partial charge in [-0.15, -0.1) is 0 Å². The Bertz CT molecular complexity index is 522. The fourth-order valence-electron chi connectivity index (χ4n) is 3.87. The third-order valence-electron chi connectivity index (χ3n) is 5.57. The molecule has 0 spiro atoms. The number of hydrogen-bond donors (Lipinski definition) is 0. The monoisotopic (exact) mass is 327 g/mol. The van der Waals surface area contributed by atoms with Gasteiger partial charge in [0.2, 0.25) is 0 Å². The van der Waals surface area contributed by atoms with E-state index in [1.807, 2.05) is 6.92 Å². The summed E-state index contributed by atoms with van der Waals surface area (Å²) in [6, 6.07) is 14.4. The first kappa shape index (κ1) is 19.0. The van der Waals surface area contributed by atoms with Crippen molar-refractivity contribution < 1.29 is 0 Å². The number of benzene rings is 1. The summed E-state index contributed by atoms with van der Waals surface area (Å²) in [4.78, 5) is 5.16. The third kappa shape index (κ3) is 5.33. The molecule has 132 valence electrons. The molecular weight excluding hydrogens is 294 g/mol. The average Bonchev–Trinajstić information content (AvgIpc) is 2.58. The summed E-state index contributed by atoms with van der Waals surface area (Å²) in [7, 11) is 2.24. The maximum Gasteiger partial charge on any atom is 0.0652 e. The molecule has 0 amide bonds. The van der Waals surface area contributed by atoms with Crippen molar-refractivity contribution in [2.75, 3.05) is 20.1 Å².